The van der Waals surface area contributed by atoms with Crippen LogP contribution in [0.1, 0.15) is 32.1 Å². The lowest BCUT2D eigenvalue weighted by molar-refractivity contribution is -0.126. The van der Waals surface area contributed by atoms with Crippen LogP contribution in [-0.4, -0.2) is 29.1 Å². The fourth-order valence-electron chi connectivity index (χ4n) is 1.17. The molecule has 1 heterocycles. The Hall–Kier alpha value is -1.36. The lowest BCUT2D eigenvalue weighted by Gasteiger charge is -2.11. The zero-order valence-electron chi connectivity index (χ0n) is 9.12. The Morgan fingerprint density at radius 3 is 3.13 bits per heavy atom. The molecule has 1 aromatic heterocycles. The van der Waals surface area contributed by atoms with Crippen LogP contribution in [0.25, 0.3) is 0 Å². The van der Waals surface area contributed by atoms with E-state index in [1.54, 1.807) is 12.4 Å². The maximum absolute atomic E-state index is 11.3. The van der Waals surface area contributed by atoms with E-state index >= 15 is 0 Å². The van der Waals surface area contributed by atoms with E-state index in [0.29, 0.717) is 6.61 Å². The van der Waals surface area contributed by atoms with Gasteiger partial charge in [-0.3, -0.25) is 4.79 Å². The number of aromatic nitrogens is 2. The molecule has 5 nitrogen and oxygen atoms in total. The molecular formula is C10H17N3O2. The van der Waals surface area contributed by atoms with Crippen molar-refractivity contribution in [3.63, 3.8) is 0 Å². The third kappa shape index (κ3) is 4.12. The van der Waals surface area contributed by atoms with E-state index in [1.807, 2.05) is 13.8 Å². The Bertz CT molecular complexity index is 285. The van der Waals surface area contributed by atoms with Crippen molar-refractivity contribution in [2.75, 3.05) is 13.2 Å². The molecule has 0 aliphatic rings. The number of carbonyl (C=O) groups excluding carboxylic acids is 1. The van der Waals surface area contributed by atoms with Gasteiger partial charge < -0.3 is 15.0 Å². The molecular weight excluding hydrogens is 194 g/mol. The van der Waals surface area contributed by atoms with Crippen LogP contribution in [-0.2, 0) is 9.53 Å². The lowest BCUT2D eigenvalue weighted by atomic mass is 10.3. The Balaban J connectivity index is 2.26. The first kappa shape index (κ1) is 11.7. The SMILES string of the molecule is CCCOCC(=O)NC(C)c1ncc[nH]1. The summed E-state index contributed by atoms with van der Waals surface area (Å²) in [5.74, 6) is 0.631. The molecule has 84 valence electrons. The summed E-state index contributed by atoms with van der Waals surface area (Å²) in [7, 11) is 0. The van der Waals surface area contributed by atoms with Gasteiger partial charge in [-0.15, -0.1) is 0 Å². The molecule has 1 rings (SSSR count). The van der Waals surface area contributed by atoms with Crippen LogP contribution in [0.4, 0.5) is 0 Å². The molecule has 15 heavy (non-hydrogen) atoms. The second-order valence-electron chi connectivity index (χ2n) is 3.32. The third-order valence-corrected chi connectivity index (χ3v) is 1.89. The summed E-state index contributed by atoms with van der Waals surface area (Å²) in [6.45, 7) is 4.60. The normalized spacial score (nSPS) is 12.4. The number of hydrogen-bond donors (Lipinski definition) is 2. The van der Waals surface area contributed by atoms with Crippen molar-refractivity contribution in [2.45, 2.75) is 26.3 Å². The molecule has 0 aliphatic carbocycles. The summed E-state index contributed by atoms with van der Waals surface area (Å²) in [6.07, 6.45) is 4.30. The van der Waals surface area contributed by atoms with E-state index in [2.05, 4.69) is 15.3 Å². The lowest BCUT2D eigenvalue weighted by Crippen LogP contribution is -2.30. The predicted octanol–water partition coefficient (Wildman–Crippen LogP) is 1.01. The van der Waals surface area contributed by atoms with Crippen molar-refractivity contribution in [1.82, 2.24) is 15.3 Å². The number of aromatic amines is 1. The first-order valence-corrected chi connectivity index (χ1v) is 5.10. The Morgan fingerprint density at radius 1 is 1.73 bits per heavy atom. The molecule has 0 spiro atoms. The summed E-state index contributed by atoms with van der Waals surface area (Å²) in [5.41, 5.74) is 0. The van der Waals surface area contributed by atoms with Gasteiger partial charge >= 0.3 is 0 Å². The van der Waals surface area contributed by atoms with E-state index < -0.39 is 0 Å². The average Bonchev–Trinajstić information content (AvgIpc) is 2.70. The monoisotopic (exact) mass is 211 g/mol. The molecule has 0 saturated heterocycles. The highest BCUT2D eigenvalue weighted by Crippen LogP contribution is 2.04. The number of hydrogen-bond acceptors (Lipinski definition) is 3. The highest BCUT2D eigenvalue weighted by atomic mass is 16.5. The van der Waals surface area contributed by atoms with Gasteiger partial charge in [0.2, 0.25) is 5.91 Å². The van der Waals surface area contributed by atoms with Gasteiger partial charge in [0.1, 0.15) is 12.4 Å². The van der Waals surface area contributed by atoms with E-state index in [4.69, 9.17) is 4.74 Å². The predicted molar refractivity (Wildman–Crippen MR) is 56.3 cm³/mol. The van der Waals surface area contributed by atoms with E-state index in [9.17, 15) is 4.79 Å². The van der Waals surface area contributed by atoms with E-state index in [-0.39, 0.29) is 18.6 Å². The number of nitrogens with zero attached hydrogens (tertiary/aromatic N) is 1. The van der Waals surface area contributed by atoms with Crippen molar-refractivity contribution >= 4 is 5.91 Å². The third-order valence-electron chi connectivity index (χ3n) is 1.89. The van der Waals surface area contributed by atoms with Gasteiger partial charge in [-0.25, -0.2) is 4.98 Å². The molecule has 0 bridgehead atoms. The van der Waals surface area contributed by atoms with E-state index in [1.165, 1.54) is 0 Å². The standard InChI is InChI=1S/C10H17N3O2/c1-3-6-15-7-9(14)13-8(2)10-11-4-5-12-10/h4-5,8H,3,6-7H2,1-2H3,(H,11,12)(H,13,14). The molecule has 1 amide bonds. The van der Waals surface area contributed by atoms with Crippen molar-refractivity contribution in [1.29, 1.82) is 0 Å². The van der Waals surface area contributed by atoms with Crippen LogP contribution in [0.2, 0.25) is 0 Å². The van der Waals surface area contributed by atoms with Crippen molar-refractivity contribution in [3.05, 3.63) is 18.2 Å². The Morgan fingerprint density at radius 2 is 2.53 bits per heavy atom. The number of ether oxygens (including phenoxy) is 1. The number of H-pyrrole nitrogens is 1. The molecule has 0 aliphatic heterocycles. The van der Waals surface area contributed by atoms with Crippen molar-refractivity contribution in [2.24, 2.45) is 0 Å². The maximum Gasteiger partial charge on any atom is 0.246 e. The molecule has 1 aromatic rings. The quantitative estimate of drug-likeness (QED) is 0.690. The molecule has 0 saturated carbocycles. The minimum Gasteiger partial charge on any atom is -0.372 e. The van der Waals surface area contributed by atoms with Gasteiger partial charge in [0.25, 0.3) is 0 Å². The average molecular weight is 211 g/mol. The number of imidazole rings is 1. The summed E-state index contributed by atoms with van der Waals surface area (Å²) in [4.78, 5) is 18.3. The smallest absolute Gasteiger partial charge is 0.246 e. The second kappa shape index (κ2) is 6.19. The van der Waals surface area contributed by atoms with Gasteiger partial charge in [0.15, 0.2) is 0 Å². The zero-order chi connectivity index (χ0) is 11.1. The molecule has 1 atom stereocenters. The maximum atomic E-state index is 11.3. The zero-order valence-corrected chi connectivity index (χ0v) is 9.12. The van der Waals surface area contributed by atoms with Gasteiger partial charge in [-0.05, 0) is 13.3 Å². The molecule has 5 heteroatoms. The van der Waals surface area contributed by atoms with Crippen molar-refractivity contribution in [3.8, 4) is 0 Å². The highest BCUT2D eigenvalue weighted by molar-refractivity contribution is 5.77. The van der Waals surface area contributed by atoms with Gasteiger partial charge in [-0.1, -0.05) is 6.92 Å². The molecule has 1 unspecified atom stereocenters. The minimum absolute atomic E-state index is 0.110. The molecule has 2 N–H and O–H groups in total. The number of amides is 1. The first-order chi connectivity index (χ1) is 7.24. The van der Waals surface area contributed by atoms with Crippen LogP contribution in [0, 0.1) is 0 Å². The van der Waals surface area contributed by atoms with E-state index in [0.717, 1.165) is 12.2 Å². The number of rotatable bonds is 6. The summed E-state index contributed by atoms with van der Waals surface area (Å²) in [5, 5.41) is 2.78. The first-order valence-electron chi connectivity index (χ1n) is 5.10. The summed E-state index contributed by atoms with van der Waals surface area (Å²) >= 11 is 0. The summed E-state index contributed by atoms with van der Waals surface area (Å²) < 4.78 is 5.12. The minimum atomic E-state index is -0.118. The summed E-state index contributed by atoms with van der Waals surface area (Å²) in [6, 6.07) is -0.113. The highest BCUT2D eigenvalue weighted by Gasteiger charge is 2.10. The molecule has 0 radical (unpaired) electrons. The van der Waals surface area contributed by atoms with Crippen LogP contribution in [0.15, 0.2) is 12.4 Å². The number of nitrogens with one attached hydrogen (secondary N) is 2. The van der Waals surface area contributed by atoms with Gasteiger partial charge in [0.05, 0.1) is 6.04 Å². The number of carbonyl (C=O) groups is 1. The van der Waals surface area contributed by atoms with Crippen LogP contribution in [0.5, 0.6) is 0 Å². The fraction of sp³-hybridized carbons (Fsp3) is 0.600. The fourth-order valence-corrected chi connectivity index (χ4v) is 1.17. The molecule has 0 aromatic carbocycles. The Labute approximate surface area is 89.2 Å². The molecule has 0 fully saturated rings. The van der Waals surface area contributed by atoms with Gasteiger partial charge in [0, 0.05) is 19.0 Å². The second-order valence-corrected chi connectivity index (χ2v) is 3.32. The van der Waals surface area contributed by atoms with Gasteiger partial charge in [-0.2, -0.15) is 0 Å². The van der Waals surface area contributed by atoms with Crippen LogP contribution < -0.4 is 5.32 Å². The largest absolute Gasteiger partial charge is 0.372 e. The Kier molecular flexibility index (Phi) is 4.83. The topological polar surface area (TPSA) is 67.0 Å². The van der Waals surface area contributed by atoms with Crippen LogP contribution in [0.3, 0.4) is 0 Å². The van der Waals surface area contributed by atoms with Crippen molar-refractivity contribution < 1.29 is 9.53 Å². The van der Waals surface area contributed by atoms with Crippen LogP contribution >= 0.6 is 0 Å².